The third-order valence-corrected chi connectivity index (χ3v) is 3.33. The Hall–Kier alpha value is -1.41. The molecule has 0 bridgehead atoms. The molecule has 0 radical (unpaired) electrons. The van der Waals surface area contributed by atoms with E-state index in [0.717, 1.165) is 10.5 Å². The van der Waals surface area contributed by atoms with Gasteiger partial charge in [-0.15, -0.1) is 11.3 Å². The van der Waals surface area contributed by atoms with Gasteiger partial charge in [0, 0.05) is 5.39 Å². The number of thiazole rings is 1. The molecule has 1 aromatic heterocycles. The predicted octanol–water partition coefficient (Wildman–Crippen LogP) is 3.76. The number of nitrogens with zero attached hydrogens (tertiary/aromatic N) is 1. The third kappa shape index (κ3) is 1.04. The minimum absolute atomic E-state index is 1.14. The first-order valence-electron chi connectivity index (χ1n) is 4.59. The van der Waals surface area contributed by atoms with Gasteiger partial charge in [0.2, 0.25) is 0 Å². The zero-order valence-corrected chi connectivity index (χ0v) is 8.64. The molecule has 0 saturated carbocycles. The highest BCUT2D eigenvalue weighted by Gasteiger charge is 2.03. The van der Waals surface area contributed by atoms with Gasteiger partial charge in [-0.25, -0.2) is 4.98 Å². The van der Waals surface area contributed by atoms with Crippen LogP contribution in [0.4, 0.5) is 0 Å². The summed E-state index contributed by atoms with van der Waals surface area (Å²) in [6, 6.07) is 12.7. The van der Waals surface area contributed by atoms with E-state index in [1.807, 2.05) is 0 Å². The van der Waals surface area contributed by atoms with Gasteiger partial charge in [-0.1, -0.05) is 30.3 Å². The Morgan fingerprint density at radius 1 is 1.07 bits per heavy atom. The minimum atomic E-state index is 1.14. The van der Waals surface area contributed by atoms with E-state index in [4.69, 9.17) is 0 Å². The molecule has 0 amide bonds. The molecule has 0 unspecified atom stereocenters. The highest BCUT2D eigenvalue weighted by molar-refractivity contribution is 7.18. The highest BCUT2D eigenvalue weighted by atomic mass is 32.1. The summed E-state index contributed by atoms with van der Waals surface area (Å²) >= 11 is 1.76. The van der Waals surface area contributed by atoms with Crippen molar-refractivity contribution in [2.24, 2.45) is 0 Å². The molecule has 0 aliphatic rings. The summed E-state index contributed by atoms with van der Waals surface area (Å²) in [6.45, 7) is 2.06. The van der Waals surface area contributed by atoms with E-state index >= 15 is 0 Å². The molecule has 0 saturated heterocycles. The number of benzene rings is 2. The van der Waals surface area contributed by atoms with Gasteiger partial charge in [0.05, 0.1) is 15.2 Å². The fourth-order valence-corrected chi connectivity index (χ4v) is 2.62. The van der Waals surface area contributed by atoms with Crippen molar-refractivity contribution in [3.8, 4) is 0 Å². The Morgan fingerprint density at radius 3 is 2.86 bits per heavy atom. The number of fused-ring (bicyclic) bond motifs is 3. The molecule has 2 heteroatoms. The molecule has 14 heavy (non-hydrogen) atoms. The van der Waals surface area contributed by atoms with Crippen molar-refractivity contribution >= 4 is 32.3 Å². The van der Waals surface area contributed by atoms with Crippen LogP contribution in [0.15, 0.2) is 36.4 Å². The lowest BCUT2D eigenvalue weighted by atomic mass is 10.1. The molecule has 0 atom stereocenters. The summed E-state index contributed by atoms with van der Waals surface area (Å²) in [5.74, 6) is 0. The van der Waals surface area contributed by atoms with Gasteiger partial charge in [-0.2, -0.15) is 0 Å². The minimum Gasteiger partial charge on any atom is -0.241 e. The first-order chi connectivity index (χ1) is 6.84. The third-order valence-electron chi connectivity index (χ3n) is 2.39. The van der Waals surface area contributed by atoms with Crippen molar-refractivity contribution < 1.29 is 0 Å². The van der Waals surface area contributed by atoms with Crippen LogP contribution < -0.4 is 0 Å². The molecule has 2 aromatic carbocycles. The molecule has 0 N–H and O–H groups in total. The van der Waals surface area contributed by atoms with Crippen LogP contribution in [0.5, 0.6) is 0 Å². The monoisotopic (exact) mass is 199 g/mol. The highest BCUT2D eigenvalue weighted by Crippen LogP contribution is 2.28. The van der Waals surface area contributed by atoms with Crippen molar-refractivity contribution in [3.05, 3.63) is 41.4 Å². The molecule has 1 heterocycles. The van der Waals surface area contributed by atoms with Crippen LogP contribution in [0.3, 0.4) is 0 Å². The van der Waals surface area contributed by atoms with Crippen LogP contribution in [0.1, 0.15) is 5.01 Å². The largest absolute Gasteiger partial charge is 0.241 e. The molecular weight excluding hydrogens is 190 g/mol. The summed E-state index contributed by atoms with van der Waals surface area (Å²) in [6.07, 6.45) is 0. The summed E-state index contributed by atoms with van der Waals surface area (Å²) in [4.78, 5) is 4.56. The lowest BCUT2D eigenvalue weighted by Crippen LogP contribution is -1.74. The summed E-state index contributed by atoms with van der Waals surface area (Å²) in [5, 5.41) is 3.66. The lowest BCUT2D eigenvalue weighted by Gasteiger charge is -1.96. The first kappa shape index (κ1) is 7.94. The maximum atomic E-state index is 4.56. The molecule has 0 aliphatic carbocycles. The molecule has 68 valence electrons. The lowest BCUT2D eigenvalue weighted by molar-refractivity contribution is 1.35. The number of rotatable bonds is 0. The van der Waals surface area contributed by atoms with Crippen molar-refractivity contribution in [2.75, 3.05) is 0 Å². The molecule has 3 rings (SSSR count). The van der Waals surface area contributed by atoms with Gasteiger partial charge >= 0.3 is 0 Å². The smallest absolute Gasteiger partial charge is 0.0908 e. The summed E-state index contributed by atoms with van der Waals surface area (Å²) in [5.41, 5.74) is 1.14. The van der Waals surface area contributed by atoms with Gasteiger partial charge in [-0.3, -0.25) is 0 Å². The Balaban J connectivity index is 2.60. The second-order valence-electron chi connectivity index (χ2n) is 3.37. The predicted molar refractivity (Wildman–Crippen MR) is 61.9 cm³/mol. The topological polar surface area (TPSA) is 12.9 Å². The van der Waals surface area contributed by atoms with Gasteiger partial charge in [0.25, 0.3) is 0 Å². The number of hydrogen-bond donors (Lipinski definition) is 0. The van der Waals surface area contributed by atoms with Crippen LogP contribution in [0.25, 0.3) is 21.0 Å². The van der Waals surface area contributed by atoms with E-state index in [9.17, 15) is 0 Å². The van der Waals surface area contributed by atoms with Crippen LogP contribution in [0, 0.1) is 6.92 Å². The van der Waals surface area contributed by atoms with Gasteiger partial charge < -0.3 is 0 Å². The van der Waals surface area contributed by atoms with E-state index in [0.29, 0.717) is 0 Å². The maximum absolute atomic E-state index is 4.56. The zero-order valence-electron chi connectivity index (χ0n) is 7.82. The second kappa shape index (κ2) is 2.79. The Kier molecular flexibility index (Phi) is 1.58. The molecular formula is C12H9NS. The second-order valence-corrected chi connectivity index (χ2v) is 4.60. The average molecular weight is 199 g/mol. The molecule has 0 fully saturated rings. The van der Waals surface area contributed by atoms with Crippen LogP contribution in [-0.4, -0.2) is 4.98 Å². The Morgan fingerprint density at radius 2 is 1.93 bits per heavy atom. The van der Waals surface area contributed by atoms with Crippen LogP contribution >= 0.6 is 11.3 Å². The maximum Gasteiger partial charge on any atom is 0.0908 e. The fraction of sp³-hybridized carbons (Fsp3) is 0.0833. The summed E-state index contributed by atoms with van der Waals surface area (Å²) in [7, 11) is 0. The van der Waals surface area contributed by atoms with E-state index in [1.165, 1.54) is 15.5 Å². The SMILES string of the molecule is Cc1nc2c(ccc3ccccc32)s1. The van der Waals surface area contributed by atoms with E-state index in [-0.39, 0.29) is 0 Å². The van der Waals surface area contributed by atoms with Gasteiger partial charge in [0.15, 0.2) is 0 Å². The molecule has 3 aromatic rings. The number of hydrogen-bond acceptors (Lipinski definition) is 2. The van der Waals surface area contributed by atoms with Crippen molar-refractivity contribution in [2.45, 2.75) is 6.92 Å². The standard InChI is InChI=1S/C12H9NS/c1-8-13-12-10-5-3-2-4-9(10)6-7-11(12)14-8/h2-7H,1H3. The fourth-order valence-electron chi connectivity index (χ4n) is 1.77. The molecule has 1 nitrogen and oxygen atoms in total. The average Bonchev–Trinajstić information content (AvgIpc) is 2.59. The van der Waals surface area contributed by atoms with E-state index in [1.54, 1.807) is 11.3 Å². The Bertz CT molecular complexity index is 610. The normalized spacial score (nSPS) is 11.2. The van der Waals surface area contributed by atoms with Crippen molar-refractivity contribution in [1.82, 2.24) is 4.98 Å². The van der Waals surface area contributed by atoms with Crippen molar-refractivity contribution in [1.29, 1.82) is 0 Å². The van der Waals surface area contributed by atoms with E-state index < -0.39 is 0 Å². The number of aromatic nitrogens is 1. The van der Waals surface area contributed by atoms with Crippen LogP contribution in [0.2, 0.25) is 0 Å². The Labute approximate surface area is 86.0 Å². The quantitative estimate of drug-likeness (QED) is 0.537. The first-order valence-corrected chi connectivity index (χ1v) is 5.41. The molecule has 0 aliphatic heterocycles. The molecule has 0 spiro atoms. The van der Waals surface area contributed by atoms with Gasteiger partial charge in [0.1, 0.15) is 0 Å². The van der Waals surface area contributed by atoms with Crippen LogP contribution in [-0.2, 0) is 0 Å². The van der Waals surface area contributed by atoms with E-state index in [2.05, 4.69) is 48.3 Å². The number of aryl methyl sites for hydroxylation is 1. The summed E-state index contributed by atoms with van der Waals surface area (Å²) < 4.78 is 1.28. The van der Waals surface area contributed by atoms with Gasteiger partial charge in [-0.05, 0) is 18.4 Å². The van der Waals surface area contributed by atoms with Crippen molar-refractivity contribution in [3.63, 3.8) is 0 Å². The zero-order chi connectivity index (χ0) is 9.54.